The van der Waals surface area contributed by atoms with E-state index in [2.05, 4.69) is 39.8 Å². The second-order valence-corrected chi connectivity index (χ2v) is 5.71. The van der Waals surface area contributed by atoms with Crippen molar-refractivity contribution in [3.63, 3.8) is 0 Å². The first-order chi connectivity index (χ1) is 11.3. The average Bonchev–Trinajstić information content (AvgIpc) is 3.05. The van der Waals surface area contributed by atoms with Crippen molar-refractivity contribution in [2.45, 2.75) is 12.6 Å². The minimum absolute atomic E-state index is 0.0404. The Morgan fingerprint density at radius 1 is 1.09 bits per heavy atom. The van der Waals surface area contributed by atoms with Gasteiger partial charge in [0.2, 0.25) is 0 Å². The smallest absolute Gasteiger partial charge is 0.317 e. The topological polar surface area (TPSA) is 63.1 Å². The third-order valence-electron chi connectivity index (χ3n) is 4.22. The van der Waals surface area contributed by atoms with E-state index >= 15 is 0 Å². The highest BCUT2D eigenvalue weighted by molar-refractivity contribution is 5.86. The molecule has 1 saturated heterocycles. The van der Waals surface area contributed by atoms with E-state index in [-0.39, 0.29) is 12.1 Å². The molecular formula is C17H17N5O. The molecule has 1 N–H and O–H groups in total. The summed E-state index contributed by atoms with van der Waals surface area (Å²) in [7, 11) is 0. The number of carbonyl (C=O) groups is 1. The molecule has 2 heterocycles. The number of nitrogens with zero attached hydrogens (tertiary/aromatic N) is 4. The number of rotatable bonds is 3. The van der Waals surface area contributed by atoms with Gasteiger partial charge in [0, 0.05) is 19.6 Å². The zero-order valence-corrected chi connectivity index (χ0v) is 12.6. The van der Waals surface area contributed by atoms with E-state index < -0.39 is 0 Å². The normalized spacial score (nSPS) is 14.7. The van der Waals surface area contributed by atoms with Crippen molar-refractivity contribution in [1.29, 1.82) is 0 Å². The summed E-state index contributed by atoms with van der Waals surface area (Å²) < 4.78 is 0. The highest BCUT2D eigenvalue weighted by atomic mass is 16.2. The first-order valence-corrected chi connectivity index (χ1v) is 7.66. The lowest BCUT2D eigenvalue weighted by molar-refractivity contribution is 0.110. The predicted molar refractivity (Wildman–Crippen MR) is 86.8 cm³/mol. The summed E-state index contributed by atoms with van der Waals surface area (Å²) in [5.74, 6) is 0. The van der Waals surface area contributed by atoms with Crippen LogP contribution in [0.25, 0.3) is 10.8 Å². The largest absolute Gasteiger partial charge is 0.334 e. The molecule has 1 fully saturated rings. The van der Waals surface area contributed by atoms with Gasteiger partial charge in [0.15, 0.2) is 0 Å². The van der Waals surface area contributed by atoms with E-state index in [1.807, 2.05) is 18.2 Å². The van der Waals surface area contributed by atoms with Crippen LogP contribution in [-0.4, -0.2) is 39.0 Å². The number of amides is 2. The minimum atomic E-state index is -0.0404. The molecule has 0 aliphatic carbocycles. The summed E-state index contributed by atoms with van der Waals surface area (Å²) in [6, 6.07) is 14.5. The maximum Gasteiger partial charge on any atom is 0.317 e. The van der Waals surface area contributed by atoms with Crippen molar-refractivity contribution in [2.75, 3.05) is 13.1 Å². The van der Waals surface area contributed by atoms with Gasteiger partial charge in [0.05, 0.1) is 12.4 Å². The molecule has 1 aliphatic rings. The van der Waals surface area contributed by atoms with Crippen LogP contribution in [0, 0.1) is 0 Å². The maximum absolute atomic E-state index is 12.2. The SMILES string of the molecule is O=C(NCc1cccc2ccccc12)N1CC(n2nccn2)C1. The Bertz CT molecular complexity index is 819. The number of hydrogen-bond donors (Lipinski definition) is 1. The standard InChI is InChI=1S/C17H17N5O/c23-17(21-11-15(12-21)22-19-8-9-20-22)18-10-14-6-3-5-13-4-1-2-7-16(13)14/h1-9,15H,10-12H2,(H,18,23). The molecule has 0 spiro atoms. The maximum atomic E-state index is 12.2. The monoisotopic (exact) mass is 307 g/mol. The zero-order chi connectivity index (χ0) is 15.6. The van der Waals surface area contributed by atoms with Gasteiger partial charge in [-0.05, 0) is 16.3 Å². The fourth-order valence-corrected chi connectivity index (χ4v) is 2.91. The second kappa shape index (κ2) is 5.72. The van der Waals surface area contributed by atoms with E-state index in [1.165, 1.54) is 10.8 Å². The average molecular weight is 307 g/mol. The molecule has 0 radical (unpaired) electrons. The van der Waals surface area contributed by atoms with Crippen LogP contribution in [0.2, 0.25) is 0 Å². The highest BCUT2D eigenvalue weighted by Gasteiger charge is 2.32. The number of benzene rings is 2. The molecule has 6 nitrogen and oxygen atoms in total. The number of carbonyl (C=O) groups excluding carboxylic acids is 1. The number of likely N-dealkylation sites (tertiary alicyclic amines) is 1. The number of fused-ring (bicyclic) bond motifs is 1. The van der Waals surface area contributed by atoms with Gasteiger partial charge in [0.1, 0.15) is 6.04 Å². The van der Waals surface area contributed by atoms with Gasteiger partial charge in [-0.2, -0.15) is 15.0 Å². The number of nitrogens with one attached hydrogen (secondary N) is 1. The molecule has 2 aromatic carbocycles. The van der Waals surface area contributed by atoms with Crippen LogP contribution < -0.4 is 5.32 Å². The third-order valence-corrected chi connectivity index (χ3v) is 4.22. The minimum Gasteiger partial charge on any atom is -0.334 e. The van der Waals surface area contributed by atoms with Crippen molar-refractivity contribution in [2.24, 2.45) is 0 Å². The Kier molecular flexibility index (Phi) is 3.42. The first-order valence-electron chi connectivity index (χ1n) is 7.66. The van der Waals surface area contributed by atoms with E-state index in [1.54, 1.807) is 22.1 Å². The Morgan fingerprint density at radius 3 is 2.65 bits per heavy atom. The zero-order valence-electron chi connectivity index (χ0n) is 12.6. The van der Waals surface area contributed by atoms with Crippen molar-refractivity contribution in [1.82, 2.24) is 25.2 Å². The molecule has 6 heteroatoms. The molecular weight excluding hydrogens is 290 g/mol. The number of aromatic nitrogens is 3. The van der Waals surface area contributed by atoms with Crippen LogP contribution in [0.15, 0.2) is 54.9 Å². The number of urea groups is 1. The summed E-state index contributed by atoms with van der Waals surface area (Å²) in [6.07, 6.45) is 3.31. The molecule has 0 saturated carbocycles. The van der Waals surface area contributed by atoms with Gasteiger partial charge in [-0.15, -0.1) is 0 Å². The van der Waals surface area contributed by atoms with E-state index in [4.69, 9.17) is 0 Å². The van der Waals surface area contributed by atoms with Crippen LogP contribution in [-0.2, 0) is 6.54 Å². The van der Waals surface area contributed by atoms with E-state index in [9.17, 15) is 4.79 Å². The van der Waals surface area contributed by atoms with Crippen LogP contribution in [0.4, 0.5) is 4.79 Å². The van der Waals surface area contributed by atoms with Gasteiger partial charge in [-0.1, -0.05) is 42.5 Å². The second-order valence-electron chi connectivity index (χ2n) is 5.71. The fraction of sp³-hybridized carbons (Fsp3) is 0.235. The van der Waals surface area contributed by atoms with Crippen molar-refractivity contribution < 1.29 is 4.79 Å². The molecule has 0 unspecified atom stereocenters. The van der Waals surface area contributed by atoms with Crippen LogP contribution in [0.1, 0.15) is 11.6 Å². The van der Waals surface area contributed by atoms with Crippen LogP contribution >= 0.6 is 0 Å². The predicted octanol–water partition coefficient (Wildman–Crippen LogP) is 2.20. The van der Waals surface area contributed by atoms with Crippen LogP contribution in [0.5, 0.6) is 0 Å². The van der Waals surface area contributed by atoms with Crippen molar-refractivity contribution in [3.05, 3.63) is 60.4 Å². The Balaban J connectivity index is 1.37. The van der Waals surface area contributed by atoms with Gasteiger partial charge in [0.25, 0.3) is 0 Å². The molecule has 116 valence electrons. The summed E-state index contributed by atoms with van der Waals surface area (Å²) in [5.41, 5.74) is 1.13. The molecule has 1 aromatic heterocycles. The Hall–Kier alpha value is -2.89. The molecule has 4 rings (SSSR count). The third kappa shape index (κ3) is 2.63. The first kappa shape index (κ1) is 13.8. The fourth-order valence-electron chi connectivity index (χ4n) is 2.91. The van der Waals surface area contributed by atoms with Crippen molar-refractivity contribution in [3.8, 4) is 0 Å². The molecule has 0 bridgehead atoms. The molecule has 23 heavy (non-hydrogen) atoms. The molecule has 1 aliphatic heterocycles. The number of hydrogen-bond acceptors (Lipinski definition) is 3. The Morgan fingerprint density at radius 2 is 1.83 bits per heavy atom. The van der Waals surface area contributed by atoms with E-state index in [0.717, 1.165) is 5.56 Å². The Labute approximate surface area is 133 Å². The van der Waals surface area contributed by atoms with Crippen molar-refractivity contribution >= 4 is 16.8 Å². The summed E-state index contributed by atoms with van der Waals surface area (Å²) >= 11 is 0. The summed E-state index contributed by atoms with van der Waals surface area (Å²) in [4.78, 5) is 15.7. The molecule has 0 atom stereocenters. The van der Waals surface area contributed by atoms with Gasteiger partial charge < -0.3 is 10.2 Å². The van der Waals surface area contributed by atoms with Gasteiger partial charge >= 0.3 is 6.03 Å². The summed E-state index contributed by atoms with van der Waals surface area (Å²) in [6.45, 7) is 1.83. The lowest BCUT2D eigenvalue weighted by Crippen LogP contribution is -2.54. The summed E-state index contributed by atoms with van der Waals surface area (Å²) in [5, 5.41) is 13.6. The highest BCUT2D eigenvalue weighted by Crippen LogP contribution is 2.20. The lowest BCUT2D eigenvalue weighted by atomic mass is 10.0. The van der Waals surface area contributed by atoms with Gasteiger partial charge in [-0.25, -0.2) is 4.79 Å². The van der Waals surface area contributed by atoms with Gasteiger partial charge in [-0.3, -0.25) is 0 Å². The lowest BCUT2D eigenvalue weighted by Gasteiger charge is -2.38. The molecule has 3 aromatic rings. The molecule has 2 amide bonds. The quantitative estimate of drug-likeness (QED) is 0.807. The van der Waals surface area contributed by atoms with Crippen LogP contribution in [0.3, 0.4) is 0 Å². The van der Waals surface area contributed by atoms with E-state index in [0.29, 0.717) is 19.6 Å².